The molecule has 1 saturated heterocycles. The Balaban J connectivity index is 2.26. The smallest absolute Gasteiger partial charge is 0.416 e. The molecule has 2 rings (SSSR count). The lowest BCUT2D eigenvalue weighted by Crippen LogP contribution is -2.41. The molecular formula is C14H14F3NO3. The summed E-state index contributed by atoms with van der Waals surface area (Å²) in [6.07, 6.45) is -3.44. The summed E-state index contributed by atoms with van der Waals surface area (Å²) < 4.78 is 42.6. The van der Waals surface area contributed by atoms with E-state index in [9.17, 15) is 22.8 Å². The number of ether oxygens (including phenoxy) is 1. The van der Waals surface area contributed by atoms with Gasteiger partial charge < -0.3 is 9.64 Å². The minimum atomic E-state index is -4.51. The van der Waals surface area contributed by atoms with Gasteiger partial charge in [-0.15, -0.1) is 0 Å². The number of alkyl halides is 3. The summed E-state index contributed by atoms with van der Waals surface area (Å²) in [5.41, 5.74) is -0.970. The fourth-order valence-electron chi connectivity index (χ4n) is 2.39. The third kappa shape index (κ3) is 3.17. The number of methoxy groups -OCH3 is 1. The molecule has 1 amide bonds. The number of carbonyl (C=O) groups is 2. The van der Waals surface area contributed by atoms with Crippen LogP contribution in [0.5, 0.6) is 0 Å². The molecule has 0 N–H and O–H groups in total. The maximum atomic E-state index is 12.7. The van der Waals surface area contributed by atoms with Crippen molar-refractivity contribution in [3.63, 3.8) is 0 Å². The Labute approximate surface area is 119 Å². The van der Waals surface area contributed by atoms with E-state index in [2.05, 4.69) is 4.74 Å². The third-order valence-corrected chi connectivity index (χ3v) is 3.42. The van der Waals surface area contributed by atoms with Gasteiger partial charge in [0.1, 0.15) is 6.04 Å². The number of benzene rings is 1. The first kappa shape index (κ1) is 15.3. The summed E-state index contributed by atoms with van der Waals surface area (Å²) in [6, 6.07) is 3.47. The lowest BCUT2D eigenvalue weighted by molar-refractivity contribution is -0.145. The van der Waals surface area contributed by atoms with Crippen molar-refractivity contribution in [2.45, 2.75) is 25.1 Å². The second-order valence-corrected chi connectivity index (χ2v) is 4.76. The molecule has 0 unspecified atom stereocenters. The highest BCUT2D eigenvalue weighted by molar-refractivity contribution is 5.97. The lowest BCUT2D eigenvalue weighted by Gasteiger charge is -2.23. The van der Waals surface area contributed by atoms with E-state index < -0.39 is 29.7 Å². The number of amides is 1. The average Bonchev–Trinajstić information content (AvgIpc) is 2.94. The van der Waals surface area contributed by atoms with Crippen molar-refractivity contribution < 1.29 is 27.5 Å². The number of rotatable bonds is 2. The van der Waals surface area contributed by atoms with Crippen molar-refractivity contribution in [3.8, 4) is 0 Å². The van der Waals surface area contributed by atoms with Crippen LogP contribution >= 0.6 is 0 Å². The van der Waals surface area contributed by atoms with E-state index in [1.54, 1.807) is 0 Å². The molecule has 0 aliphatic carbocycles. The molecule has 114 valence electrons. The number of hydrogen-bond acceptors (Lipinski definition) is 3. The van der Waals surface area contributed by atoms with Crippen LogP contribution in [0.1, 0.15) is 28.8 Å². The van der Waals surface area contributed by atoms with Gasteiger partial charge in [0.2, 0.25) is 0 Å². The summed E-state index contributed by atoms with van der Waals surface area (Å²) in [6.45, 7) is 0.328. The van der Waals surface area contributed by atoms with Crippen molar-refractivity contribution in [3.05, 3.63) is 35.4 Å². The zero-order chi connectivity index (χ0) is 15.6. The van der Waals surface area contributed by atoms with Gasteiger partial charge >= 0.3 is 12.1 Å². The van der Waals surface area contributed by atoms with Crippen LogP contribution in [-0.2, 0) is 15.7 Å². The van der Waals surface area contributed by atoms with Crippen LogP contribution in [0.3, 0.4) is 0 Å². The molecule has 1 heterocycles. The number of carbonyl (C=O) groups excluding carboxylic acids is 2. The predicted molar refractivity (Wildman–Crippen MR) is 67.5 cm³/mol. The number of esters is 1. The van der Waals surface area contributed by atoms with Gasteiger partial charge in [-0.2, -0.15) is 13.2 Å². The number of nitrogens with zero attached hydrogens (tertiary/aromatic N) is 1. The van der Waals surface area contributed by atoms with Crippen LogP contribution in [0.15, 0.2) is 24.3 Å². The topological polar surface area (TPSA) is 46.6 Å². The molecule has 21 heavy (non-hydrogen) atoms. The summed E-state index contributed by atoms with van der Waals surface area (Å²) in [5.74, 6) is -1.14. The first-order chi connectivity index (χ1) is 9.84. The van der Waals surface area contributed by atoms with Crippen LogP contribution in [0, 0.1) is 0 Å². The first-order valence-electron chi connectivity index (χ1n) is 6.40. The van der Waals surface area contributed by atoms with Crippen LogP contribution < -0.4 is 0 Å². The van der Waals surface area contributed by atoms with Gasteiger partial charge in [-0.25, -0.2) is 4.79 Å². The van der Waals surface area contributed by atoms with Crippen LogP contribution in [0.25, 0.3) is 0 Å². The van der Waals surface area contributed by atoms with Crippen LogP contribution in [0.2, 0.25) is 0 Å². The van der Waals surface area contributed by atoms with Crippen molar-refractivity contribution in [2.24, 2.45) is 0 Å². The molecule has 1 fully saturated rings. The molecular weight excluding hydrogens is 287 g/mol. The zero-order valence-electron chi connectivity index (χ0n) is 11.3. The highest BCUT2D eigenvalue weighted by Gasteiger charge is 2.36. The summed E-state index contributed by atoms with van der Waals surface area (Å²) >= 11 is 0. The minimum absolute atomic E-state index is 0.0828. The lowest BCUT2D eigenvalue weighted by atomic mass is 10.1. The second kappa shape index (κ2) is 5.75. The van der Waals surface area contributed by atoms with Gasteiger partial charge in [0.15, 0.2) is 0 Å². The van der Waals surface area contributed by atoms with Crippen molar-refractivity contribution in [1.82, 2.24) is 4.90 Å². The van der Waals surface area contributed by atoms with Crippen LogP contribution in [0.4, 0.5) is 13.2 Å². The molecule has 1 atom stereocenters. The van der Waals surface area contributed by atoms with Gasteiger partial charge in [0.05, 0.1) is 12.7 Å². The predicted octanol–water partition coefficient (Wildman–Crippen LogP) is 2.48. The van der Waals surface area contributed by atoms with Gasteiger partial charge in [0, 0.05) is 12.1 Å². The SMILES string of the molecule is COC(=O)[C@@H]1CCCN1C(=O)c1cccc(C(F)(F)F)c1. The average molecular weight is 301 g/mol. The summed E-state index contributed by atoms with van der Waals surface area (Å²) in [7, 11) is 1.22. The molecule has 1 aliphatic heterocycles. The maximum Gasteiger partial charge on any atom is 0.416 e. The summed E-state index contributed by atoms with van der Waals surface area (Å²) in [5, 5.41) is 0. The van der Waals surface area contributed by atoms with Gasteiger partial charge in [0.25, 0.3) is 5.91 Å². The Morgan fingerprint density at radius 2 is 2.05 bits per heavy atom. The van der Waals surface area contributed by atoms with Crippen molar-refractivity contribution in [1.29, 1.82) is 0 Å². The highest BCUT2D eigenvalue weighted by atomic mass is 19.4. The first-order valence-corrected chi connectivity index (χ1v) is 6.40. The monoisotopic (exact) mass is 301 g/mol. The molecule has 4 nitrogen and oxygen atoms in total. The molecule has 1 aromatic carbocycles. The number of likely N-dealkylation sites (tertiary alicyclic amines) is 1. The number of halogens is 3. The largest absolute Gasteiger partial charge is 0.467 e. The normalized spacial score (nSPS) is 18.7. The van der Waals surface area contributed by atoms with E-state index >= 15 is 0 Å². The molecule has 0 spiro atoms. The second-order valence-electron chi connectivity index (χ2n) is 4.76. The Bertz CT molecular complexity index is 557. The molecule has 0 aromatic heterocycles. The third-order valence-electron chi connectivity index (χ3n) is 3.42. The molecule has 1 aliphatic rings. The van der Waals surface area contributed by atoms with Gasteiger partial charge in [-0.3, -0.25) is 4.79 Å². The Hall–Kier alpha value is -2.05. The Morgan fingerprint density at radius 1 is 1.33 bits per heavy atom. The van der Waals surface area contributed by atoms with Gasteiger partial charge in [-0.1, -0.05) is 6.07 Å². The van der Waals surface area contributed by atoms with E-state index in [0.717, 1.165) is 12.1 Å². The Morgan fingerprint density at radius 3 is 2.67 bits per heavy atom. The van der Waals surface area contributed by atoms with Gasteiger partial charge in [-0.05, 0) is 31.0 Å². The van der Waals surface area contributed by atoms with Crippen molar-refractivity contribution >= 4 is 11.9 Å². The van der Waals surface area contributed by atoms with E-state index in [4.69, 9.17) is 0 Å². The van der Waals surface area contributed by atoms with E-state index in [0.29, 0.717) is 19.4 Å². The van der Waals surface area contributed by atoms with E-state index in [1.165, 1.54) is 24.1 Å². The fraction of sp³-hybridized carbons (Fsp3) is 0.429. The Kier molecular flexibility index (Phi) is 4.20. The molecule has 7 heteroatoms. The zero-order valence-corrected chi connectivity index (χ0v) is 11.3. The highest BCUT2D eigenvalue weighted by Crippen LogP contribution is 2.30. The summed E-state index contributed by atoms with van der Waals surface area (Å²) in [4.78, 5) is 25.2. The maximum absolute atomic E-state index is 12.7. The number of hydrogen-bond donors (Lipinski definition) is 0. The molecule has 1 aromatic rings. The molecule has 0 saturated carbocycles. The van der Waals surface area contributed by atoms with E-state index in [-0.39, 0.29) is 5.56 Å². The molecule has 0 radical (unpaired) electrons. The quantitative estimate of drug-likeness (QED) is 0.788. The van der Waals surface area contributed by atoms with E-state index in [1.807, 2.05) is 0 Å². The standard InChI is InChI=1S/C14H14F3NO3/c1-21-13(20)11-6-3-7-18(11)12(19)9-4-2-5-10(8-9)14(15,16)17/h2,4-5,8,11H,3,6-7H2,1H3/t11-/m0/s1. The minimum Gasteiger partial charge on any atom is -0.467 e. The van der Waals surface area contributed by atoms with Crippen molar-refractivity contribution in [2.75, 3.05) is 13.7 Å². The van der Waals surface area contributed by atoms with Crippen LogP contribution in [-0.4, -0.2) is 36.5 Å². The fourth-order valence-corrected chi connectivity index (χ4v) is 2.39. The molecule has 0 bridgehead atoms.